The van der Waals surface area contributed by atoms with Gasteiger partial charge in [-0.1, -0.05) is 6.58 Å². The molecule has 2 N–H and O–H groups in total. The van der Waals surface area contributed by atoms with E-state index in [0.717, 1.165) is 5.52 Å². The van der Waals surface area contributed by atoms with Crippen LogP contribution in [0.1, 0.15) is 0 Å². The molecule has 70 valence electrons. The first-order valence-corrected chi connectivity index (χ1v) is 4.03. The van der Waals surface area contributed by atoms with Gasteiger partial charge in [0, 0.05) is 5.69 Å². The maximum atomic E-state index is 11.0. The highest BCUT2D eigenvalue weighted by Crippen LogP contribution is 2.14. The van der Waals surface area contributed by atoms with Gasteiger partial charge in [-0.2, -0.15) is 15.4 Å². The third-order valence-corrected chi connectivity index (χ3v) is 1.77. The van der Waals surface area contributed by atoms with Crippen molar-refractivity contribution in [1.29, 1.82) is 0 Å². The largest absolute Gasteiger partial charge is 0.322 e. The van der Waals surface area contributed by atoms with E-state index < -0.39 is 0 Å². The zero-order valence-electron chi connectivity index (χ0n) is 7.32. The minimum absolute atomic E-state index is 0.243. The number of hydrogen-bond acceptors (Lipinski definition) is 3. The van der Waals surface area contributed by atoms with E-state index in [-0.39, 0.29) is 5.91 Å². The van der Waals surface area contributed by atoms with Crippen LogP contribution >= 0.6 is 0 Å². The highest BCUT2D eigenvalue weighted by molar-refractivity contribution is 5.99. The van der Waals surface area contributed by atoms with E-state index in [4.69, 9.17) is 0 Å². The number of nitrogens with one attached hydrogen (secondary N) is 2. The molecule has 14 heavy (non-hydrogen) atoms. The Balaban J connectivity index is 2.34. The van der Waals surface area contributed by atoms with Gasteiger partial charge in [-0.15, -0.1) is 0 Å². The standard InChI is InChI=1S/C9H8N4O/c1-2-9(14)10-6-3-4-7-8(5-6)12-13-11-7/h2-5H,1H2,(H,10,14)(H,11,12,13). The van der Waals surface area contributed by atoms with E-state index >= 15 is 0 Å². The van der Waals surface area contributed by atoms with Crippen molar-refractivity contribution >= 4 is 22.6 Å². The van der Waals surface area contributed by atoms with Crippen LogP contribution in [-0.4, -0.2) is 21.3 Å². The van der Waals surface area contributed by atoms with Crippen molar-refractivity contribution < 1.29 is 4.79 Å². The van der Waals surface area contributed by atoms with Crippen LogP contribution in [0.25, 0.3) is 11.0 Å². The van der Waals surface area contributed by atoms with E-state index in [1.165, 1.54) is 6.08 Å². The van der Waals surface area contributed by atoms with Gasteiger partial charge in [0.25, 0.3) is 0 Å². The molecule has 0 radical (unpaired) electrons. The smallest absolute Gasteiger partial charge is 0.247 e. The topological polar surface area (TPSA) is 70.7 Å². The number of fused-ring (bicyclic) bond motifs is 1. The van der Waals surface area contributed by atoms with Crippen LogP contribution in [0, 0.1) is 0 Å². The van der Waals surface area contributed by atoms with E-state index in [1.54, 1.807) is 18.2 Å². The number of amides is 1. The SMILES string of the molecule is C=CC(=O)Nc1ccc2n[nH]nc2c1. The van der Waals surface area contributed by atoms with Gasteiger partial charge in [0.1, 0.15) is 11.0 Å². The van der Waals surface area contributed by atoms with Gasteiger partial charge in [0.2, 0.25) is 5.91 Å². The number of aromatic nitrogens is 3. The molecule has 2 aromatic rings. The Morgan fingerprint density at radius 2 is 2.21 bits per heavy atom. The van der Waals surface area contributed by atoms with Gasteiger partial charge in [-0.3, -0.25) is 4.79 Å². The number of hydrogen-bond donors (Lipinski definition) is 2. The van der Waals surface area contributed by atoms with Crippen LogP contribution in [0.15, 0.2) is 30.9 Å². The first kappa shape index (κ1) is 8.43. The molecule has 0 spiro atoms. The van der Waals surface area contributed by atoms with Crippen molar-refractivity contribution in [3.63, 3.8) is 0 Å². The van der Waals surface area contributed by atoms with Crippen LogP contribution < -0.4 is 5.32 Å². The number of rotatable bonds is 2. The highest BCUT2D eigenvalue weighted by Gasteiger charge is 2.00. The predicted molar refractivity (Wildman–Crippen MR) is 52.7 cm³/mol. The van der Waals surface area contributed by atoms with Gasteiger partial charge < -0.3 is 5.32 Å². The Morgan fingerprint density at radius 3 is 3.00 bits per heavy atom. The van der Waals surface area contributed by atoms with Crippen LogP contribution in [0.3, 0.4) is 0 Å². The molecular formula is C9H8N4O. The predicted octanol–water partition coefficient (Wildman–Crippen LogP) is 1.08. The maximum absolute atomic E-state index is 11.0. The summed E-state index contributed by atoms with van der Waals surface area (Å²) in [7, 11) is 0. The summed E-state index contributed by atoms with van der Waals surface area (Å²) in [6.45, 7) is 3.36. The van der Waals surface area contributed by atoms with Gasteiger partial charge in [-0.05, 0) is 24.3 Å². The number of carbonyl (C=O) groups excluding carboxylic acids is 1. The Hall–Kier alpha value is -2.17. The molecular weight excluding hydrogens is 180 g/mol. The van der Waals surface area contributed by atoms with E-state index in [2.05, 4.69) is 27.3 Å². The molecule has 5 heteroatoms. The lowest BCUT2D eigenvalue weighted by Crippen LogP contribution is -2.06. The van der Waals surface area contributed by atoms with E-state index in [1.807, 2.05) is 0 Å². The number of carbonyl (C=O) groups is 1. The fourth-order valence-electron chi connectivity index (χ4n) is 1.11. The van der Waals surface area contributed by atoms with Gasteiger partial charge >= 0.3 is 0 Å². The third-order valence-electron chi connectivity index (χ3n) is 1.77. The molecule has 5 nitrogen and oxygen atoms in total. The first-order chi connectivity index (χ1) is 6.79. The minimum atomic E-state index is -0.243. The van der Waals surface area contributed by atoms with Crippen LogP contribution in [0.5, 0.6) is 0 Å². The summed E-state index contributed by atoms with van der Waals surface area (Å²) in [4.78, 5) is 11.0. The Morgan fingerprint density at radius 1 is 1.43 bits per heavy atom. The molecule has 0 aliphatic rings. The van der Waals surface area contributed by atoms with Crippen molar-refractivity contribution in [2.24, 2.45) is 0 Å². The molecule has 2 rings (SSSR count). The summed E-state index contributed by atoms with van der Waals surface area (Å²) in [6, 6.07) is 5.27. The monoisotopic (exact) mass is 188 g/mol. The fourth-order valence-corrected chi connectivity index (χ4v) is 1.11. The summed E-state index contributed by atoms with van der Waals surface area (Å²) >= 11 is 0. The second-order valence-electron chi connectivity index (χ2n) is 2.72. The van der Waals surface area contributed by atoms with Crippen molar-refractivity contribution in [1.82, 2.24) is 15.4 Å². The lowest BCUT2D eigenvalue weighted by molar-refractivity contribution is -0.111. The summed E-state index contributed by atoms with van der Waals surface area (Å²) < 4.78 is 0. The van der Waals surface area contributed by atoms with Gasteiger partial charge in [0.15, 0.2) is 0 Å². The average Bonchev–Trinajstić information content (AvgIpc) is 2.64. The van der Waals surface area contributed by atoms with Crippen molar-refractivity contribution in [3.8, 4) is 0 Å². The summed E-state index contributed by atoms with van der Waals surface area (Å²) in [6.07, 6.45) is 1.22. The average molecular weight is 188 g/mol. The number of nitrogens with zero attached hydrogens (tertiary/aromatic N) is 2. The Bertz CT molecular complexity index is 488. The van der Waals surface area contributed by atoms with Crippen molar-refractivity contribution in [3.05, 3.63) is 30.9 Å². The summed E-state index contributed by atoms with van der Waals surface area (Å²) in [5.41, 5.74) is 2.16. The molecule has 0 saturated heterocycles. The lowest BCUT2D eigenvalue weighted by atomic mass is 10.3. The quantitative estimate of drug-likeness (QED) is 0.693. The van der Waals surface area contributed by atoms with Crippen LogP contribution in [0.4, 0.5) is 5.69 Å². The Kier molecular flexibility index (Phi) is 1.98. The third kappa shape index (κ3) is 1.47. The molecule has 1 amide bonds. The minimum Gasteiger partial charge on any atom is -0.322 e. The summed E-state index contributed by atoms with van der Waals surface area (Å²) in [5, 5.41) is 12.9. The zero-order valence-corrected chi connectivity index (χ0v) is 7.32. The molecule has 1 aromatic heterocycles. The second kappa shape index (κ2) is 3.29. The molecule has 1 aromatic carbocycles. The number of benzene rings is 1. The zero-order chi connectivity index (χ0) is 9.97. The first-order valence-electron chi connectivity index (χ1n) is 4.03. The maximum Gasteiger partial charge on any atom is 0.247 e. The molecule has 0 unspecified atom stereocenters. The normalized spacial score (nSPS) is 10.0. The number of H-pyrrole nitrogens is 1. The highest BCUT2D eigenvalue weighted by atomic mass is 16.1. The van der Waals surface area contributed by atoms with Gasteiger partial charge in [0.05, 0.1) is 0 Å². The second-order valence-corrected chi connectivity index (χ2v) is 2.72. The Labute approximate surface area is 79.8 Å². The lowest BCUT2D eigenvalue weighted by Gasteiger charge is -1.99. The van der Waals surface area contributed by atoms with Crippen molar-refractivity contribution in [2.75, 3.05) is 5.32 Å². The van der Waals surface area contributed by atoms with Crippen LogP contribution in [0.2, 0.25) is 0 Å². The molecule has 0 aliphatic carbocycles. The van der Waals surface area contributed by atoms with Crippen LogP contribution in [-0.2, 0) is 4.79 Å². The molecule has 0 aliphatic heterocycles. The van der Waals surface area contributed by atoms with Crippen molar-refractivity contribution in [2.45, 2.75) is 0 Å². The molecule has 0 saturated carbocycles. The number of anilines is 1. The molecule has 0 fully saturated rings. The molecule has 0 bridgehead atoms. The molecule has 1 heterocycles. The summed E-state index contributed by atoms with van der Waals surface area (Å²) in [5.74, 6) is -0.243. The van der Waals surface area contributed by atoms with Gasteiger partial charge in [-0.25, -0.2) is 0 Å². The molecule has 0 atom stereocenters. The number of aromatic amines is 1. The van der Waals surface area contributed by atoms with E-state index in [0.29, 0.717) is 11.2 Å². The van der Waals surface area contributed by atoms with E-state index in [9.17, 15) is 4.79 Å². The fraction of sp³-hybridized carbons (Fsp3) is 0.